The maximum absolute atomic E-state index is 13.6. The van der Waals surface area contributed by atoms with E-state index in [-0.39, 0.29) is 45.3 Å². The molecule has 10 nitrogen and oxygen atoms in total. The zero-order valence-corrected chi connectivity index (χ0v) is 22.1. The monoisotopic (exact) mass is 568 g/mol. The smallest absolute Gasteiger partial charge is 0.294 e. The maximum atomic E-state index is 13.6. The molecule has 0 saturated carbocycles. The van der Waals surface area contributed by atoms with Crippen LogP contribution in [0.3, 0.4) is 0 Å². The molecule has 200 valence electrons. The SMILES string of the molecule is CCN(c1cnc(N(COC=O)S(=O)(=O)c2ccc(C#N)cc2)c2ccccc12)S(=O)(=O)c1ccc(F)cc1. The molecule has 0 unspecified atom stereocenters. The quantitative estimate of drug-likeness (QED) is 0.208. The molecule has 0 N–H and O–H groups in total. The van der Waals surface area contributed by atoms with Crippen molar-refractivity contribution >= 4 is 48.8 Å². The number of sulfonamides is 2. The lowest BCUT2D eigenvalue weighted by atomic mass is 10.1. The Morgan fingerprint density at radius 1 is 0.897 bits per heavy atom. The van der Waals surface area contributed by atoms with Gasteiger partial charge in [0.05, 0.1) is 33.3 Å². The van der Waals surface area contributed by atoms with Gasteiger partial charge in [0.2, 0.25) is 0 Å². The van der Waals surface area contributed by atoms with Crippen LogP contribution >= 0.6 is 0 Å². The van der Waals surface area contributed by atoms with Crippen LogP contribution in [0, 0.1) is 17.1 Å². The minimum absolute atomic E-state index is 0.00770. The van der Waals surface area contributed by atoms with Crippen molar-refractivity contribution in [1.82, 2.24) is 4.98 Å². The molecule has 0 atom stereocenters. The van der Waals surface area contributed by atoms with E-state index < -0.39 is 32.6 Å². The fourth-order valence-electron chi connectivity index (χ4n) is 3.94. The molecule has 4 aromatic rings. The fourth-order valence-corrected chi connectivity index (χ4v) is 6.72. The summed E-state index contributed by atoms with van der Waals surface area (Å²) < 4.78 is 74.2. The van der Waals surface area contributed by atoms with Crippen molar-refractivity contribution in [2.24, 2.45) is 0 Å². The number of aromatic nitrogens is 1. The number of pyridine rings is 1. The summed E-state index contributed by atoms with van der Waals surface area (Å²) in [6.45, 7) is 0.981. The number of carbonyl (C=O) groups is 1. The molecule has 0 radical (unpaired) electrons. The molecule has 0 amide bonds. The Morgan fingerprint density at radius 2 is 1.46 bits per heavy atom. The van der Waals surface area contributed by atoms with Gasteiger partial charge in [-0.05, 0) is 55.5 Å². The first-order valence-electron chi connectivity index (χ1n) is 11.4. The summed E-state index contributed by atoms with van der Waals surface area (Å²) in [6.07, 6.45) is 1.21. The second-order valence-corrected chi connectivity index (χ2v) is 11.7. The van der Waals surface area contributed by atoms with Gasteiger partial charge in [-0.25, -0.2) is 30.5 Å². The molecule has 0 aliphatic carbocycles. The molecule has 1 aromatic heterocycles. The van der Waals surface area contributed by atoms with E-state index in [0.29, 0.717) is 5.39 Å². The molecule has 0 spiro atoms. The molecule has 0 aliphatic heterocycles. The number of halogens is 1. The van der Waals surface area contributed by atoms with E-state index in [1.807, 2.05) is 6.07 Å². The summed E-state index contributed by atoms with van der Waals surface area (Å²) in [5, 5.41) is 9.65. The zero-order valence-electron chi connectivity index (χ0n) is 20.4. The van der Waals surface area contributed by atoms with E-state index in [9.17, 15) is 26.0 Å². The van der Waals surface area contributed by atoms with Crippen molar-refractivity contribution < 1.29 is 30.8 Å². The van der Waals surface area contributed by atoms with Crippen molar-refractivity contribution in [3.05, 3.63) is 90.4 Å². The summed E-state index contributed by atoms with van der Waals surface area (Å²) in [6, 6.07) is 17.9. The third-order valence-electron chi connectivity index (χ3n) is 5.78. The van der Waals surface area contributed by atoms with Crippen LogP contribution in [0.15, 0.2) is 88.8 Å². The van der Waals surface area contributed by atoms with Gasteiger partial charge in [0.25, 0.3) is 26.5 Å². The average Bonchev–Trinajstić information content (AvgIpc) is 2.94. The zero-order chi connectivity index (χ0) is 28.2. The highest BCUT2D eigenvalue weighted by atomic mass is 32.2. The van der Waals surface area contributed by atoms with Crippen molar-refractivity contribution in [1.29, 1.82) is 5.26 Å². The Labute approximate surface area is 224 Å². The second kappa shape index (κ2) is 11.1. The predicted molar refractivity (Wildman–Crippen MR) is 141 cm³/mol. The Bertz CT molecular complexity index is 1770. The number of nitriles is 1. The standard InChI is InChI=1S/C26H21FN4O6S2/c1-2-30(38(33,34)22-13-9-20(27)10-14-22)25-16-29-26(24-6-4-3-5-23(24)25)31(17-37-18-32)39(35,36)21-11-7-19(15-28)8-12-21/h3-14,16,18H,2,17H2,1H3. The summed E-state index contributed by atoms with van der Waals surface area (Å²) in [4.78, 5) is 15.0. The number of anilines is 2. The number of ether oxygens (including phenoxy) is 1. The first-order valence-corrected chi connectivity index (χ1v) is 14.3. The normalized spacial score (nSPS) is 11.5. The van der Waals surface area contributed by atoms with E-state index >= 15 is 0 Å². The summed E-state index contributed by atoms with van der Waals surface area (Å²) in [5.74, 6) is -0.703. The van der Waals surface area contributed by atoms with E-state index in [2.05, 4.69) is 4.98 Å². The van der Waals surface area contributed by atoms with Crippen LogP contribution in [0.4, 0.5) is 15.9 Å². The number of rotatable bonds is 10. The van der Waals surface area contributed by atoms with Crippen LogP contribution in [0.2, 0.25) is 0 Å². The van der Waals surface area contributed by atoms with Crippen molar-refractivity contribution in [2.45, 2.75) is 16.7 Å². The van der Waals surface area contributed by atoms with Crippen LogP contribution in [0.25, 0.3) is 10.8 Å². The summed E-state index contributed by atoms with van der Waals surface area (Å²) >= 11 is 0. The van der Waals surface area contributed by atoms with Gasteiger partial charge in [0, 0.05) is 17.3 Å². The van der Waals surface area contributed by atoms with Crippen LogP contribution in [-0.4, -0.2) is 41.6 Å². The van der Waals surface area contributed by atoms with Gasteiger partial charge >= 0.3 is 0 Å². The van der Waals surface area contributed by atoms with E-state index in [1.54, 1.807) is 31.2 Å². The van der Waals surface area contributed by atoms with Crippen molar-refractivity contribution in [3.8, 4) is 6.07 Å². The molecule has 0 aliphatic rings. The Kier molecular flexibility index (Phi) is 7.80. The first kappa shape index (κ1) is 27.5. The lowest BCUT2D eigenvalue weighted by molar-refractivity contribution is -0.128. The van der Waals surface area contributed by atoms with Gasteiger partial charge in [-0.2, -0.15) is 5.26 Å². The average molecular weight is 569 g/mol. The van der Waals surface area contributed by atoms with Gasteiger partial charge in [-0.1, -0.05) is 24.3 Å². The minimum atomic E-state index is -4.35. The van der Waals surface area contributed by atoms with Crippen molar-refractivity contribution in [3.63, 3.8) is 0 Å². The first-order chi connectivity index (χ1) is 18.6. The Morgan fingerprint density at radius 3 is 2.03 bits per heavy atom. The maximum Gasteiger partial charge on any atom is 0.294 e. The van der Waals surface area contributed by atoms with Gasteiger partial charge < -0.3 is 4.74 Å². The van der Waals surface area contributed by atoms with Crippen LogP contribution in [0.1, 0.15) is 12.5 Å². The number of fused-ring (bicyclic) bond motifs is 1. The molecule has 0 fully saturated rings. The Hall–Kier alpha value is -4.54. The molecule has 4 rings (SSSR count). The molecule has 1 heterocycles. The molecular formula is C26H21FN4O6S2. The number of benzene rings is 3. The third kappa shape index (κ3) is 5.25. The lowest BCUT2D eigenvalue weighted by Crippen LogP contribution is -2.35. The van der Waals surface area contributed by atoms with Crippen molar-refractivity contribution in [2.75, 3.05) is 21.9 Å². The number of hydrogen-bond acceptors (Lipinski definition) is 8. The second-order valence-electron chi connectivity index (χ2n) is 8.02. The van der Waals surface area contributed by atoms with Crippen LogP contribution < -0.4 is 8.61 Å². The van der Waals surface area contributed by atoms with Gasteiger partial charge in [0.15, 0.2) is 12.5 Å². The molecular weight excluding hydrogens is 547 g/mol. The van der Waals surface area contributed by atoms with Gasteiger partial charge in [0.1, 0.15) is 5.82 Å². The number of nitrogens with zero attached hydrogens (tertiary/aromatic N) is 4. The molecule has 3 aromatic carbocycles. The van der Waals surface area contributed by atoms with E-state index in [0.717, 1.165) is 32.9 Å². The molecule has 13 heteroatoms. The van der Waals surface area contributed by atoms with Crippen LogP contribution in [-0.2, 0) is 29.6 Å². The summed E-state index contributed by atoms with van der Waals surface area (Å²) in [5.41, 5.74) is 0.410. The fraction of sp³-hybridized carbons (Fsp3) is 0.115. The highest BCUT2D eigenvalue weighted by Gasteiger charge is 2.31. The molecule has 39 heavy (non-hydrogen) atoms. The van der Waals surface area contributed by atoms with Gasteiger partial charge in [-0.15, -0.1) is 0 Å². The van der Waals surface area contributed by atoms with Gasteiger partial charge in [-0.3, -0.25) is 9.10 Å². The Balaban J connectivity index is 1.89. The molecule has 0 saturated heterocycles. The highest BCUT2D eigenvalue weighted by molar-refractivity contribution is 7.93. The largest absolute Gasteiger partial charge is 0.445 e. The highest BCUT2D eigenvalue weighted by Crippen LogP contribution is 2.36. The number of carbonyl (C=O) groups excluding carboxylic acids is 1. The minimum Gasteiger partial charge on any atom is -0.445 e. The topological polar surface area (TPSA) is 138 Å². The van der Waals surface area contributed by atoms with Crippen LogP contribution in [0.5, 0.6) is 0 Å². The van der Waals surface area contributed by atoms with E-state index in [4.69, 9.17) is 10.00 Å². The van der Waals surface area contributed by atoms with E-state index in [1.165, 1.54) is 30.5 Å². The lowest BCUT2D eigenvalue weighted by Gasteiger charge is -2.27. The molecule has 0 bridgehead atoms. The number of hydrogen-bond donors (Lipinski definition) is 0. The summed E-state index contributed by atoms with van der Waals surface area (Å²) in [7, 11) is -8.49. The third-order valence-corrected chi connectivity index (χ3v) is 9.41. The predicted octanol–water partition coefficient (Wildman–Crippen LogP) is 3.79.